The quantitative estimate of drug-likeness (QED) is 0.0355. The maximum absolute atomic E-state index is 11.9. The average molecular weight is 927 g/mol. The molecule has 0 saturated heterocycles. The van der Waals surface area contributed by atoms with Crippen molar-refractivity contribution in [2.24, 2.45) is 5.41 Å². The maximum Gasteiger partial charge on any atom is 0.336 e. The van der Waals surface area contributed by atoms with Crippen LogP contribution in [0, 0.1) is 5.41 Å². The lowest BCUT2D eigenvalue weighted by molar-refractivity contribution is -0.151. The third-order valence-corrected chi connectivity index (χ3v) is 12.4. The molecule has 0 saturated carbocycles. The molecule has 2 aromatic rings. The van der Waals surface area contributed by atoms with Gasteiger partial charge in [0.15, 0.2) is 0 Å². The van der Waals surface area contributed by atoms with Crippen molar-refractivity contribution in [2.45, 2.75) is 228 Å². The van der Waals surface area contributed by atoms with Gasteiger partial charge in [-0.15, -0.1) is 0 Å². The zero-order chi connectivity index (χ0) is 49.9. The Hall–Kier alpha value is -4.74. The van der Waals surface area contributed by atoms with Crippen molar-refractivity contribution in [1.82, 2.24) is 0 Å². The molecule has 0 bridgehead atoms. The molecule has 374 valence electrons. The Morgan fingerprint density at radius 2 is 0.712 bits per heavy atom. The number of unbranched alkanes of at least 4 members (excludes halogenated alkanes) is 14. The number of rotatable bonds is 35. The normalized spacial score (nSPS) is 10.9. The molecule has 0 radical (unpaired) electrons. The molecule has 2 aromatic carbocycles. The fourth-order valence-electron chi connectivity index (χ4n) is 8.47. The minimum absolute atomic E-state index is 0.00420. The highest BCUT2D eigenvalue weighted by atomic mass is 16.4. The Morgan fingerprint density at radius 1 is 0.379 bits per heavy atom. The Labute approximate surface area is 396 Å². The molecule has 0 aliphatic heterocycles. The number of benzene rings is 2. The smallest absolute Gasteiger partial charge is 0.336 e. The van der Waals surface area contributed by atoms with Gasteiger partial charge in [0, 0.05) is 6.42 Å². The first-order chi connectivity index (χ1) is 31.5. The first-order valence-corrected chi connectivity index (χ1v) is 25.2. The highest BCUT2D eigenvalue weighted by molar-refractivity contribution is 6.04. The third-order valence-electron chi connectivity index (χ3n) is 12.4. The van der Waals surface area contributed by atoms with Crippen LogP contribution in [0.4, 0.5) is 0 Å². The van der Waals surface area contributed by atoms with Gasteiger partial charge < -0.3 is 30.6 Å². The van der Waals surface area contributed by atoms with E-state index >= 15 is 0 Å². The van der Waals surface area contributed by atoms with Crippen LogP contribution in [0.15, 0.2) is 24.3 Å². The summed E-state index contributed by atoms with van der Waals surface area (Å²) in [4.78, 5) is 68.2. The zero-order valence-electron chi connectivity index (χ0n) is 41.4. The van der Waals surface area contributed by atoms with Crippen molar-refractivity contribution in [1.29, 1.82) is 0 Å². The van der Waals surface area contributed by atoms with Gasteiger partial charge in [-0.3, -0.25) is 9.59 Å². The summed E-state index contributed by atoms with van der Waals surface area (Å²) in [7, 11) is 0. The van der Waals surface area contributed by atoms with Gasteiger partial charge in [0.1, 0.15) is 0 Å². The van der Waals surface area contributed by atoms with Gasteiger partial charge in [0.05, 0.1) is 27.7 Å². The van der Waals surface area contributed by atoms with Crippen molar-refractivity contribution in [3.05, 3.63) is 68.8 Å². The van der Waals surface area contributed by atoms with Crippen molar-refractivity contribution >= 4 is 35.8 Å². The van der Waals surface area contributed by atoms with Gasteiger partial charge in [-0.1, -0.05) is 156 Å². The molecule has 12 nitrogen and oxygen atoms in total. The van der Waals surface area contributed by atoms with Crippen molar-refractivity contribution in [3.63, 3.8) is 0 Å². The molecule has 12 heteroatoms. The van der Waals surface area contributed by atoms with Crippen LogP contribution < -0.4 is 0 Å². The van der Waals surface area contributed by atoms with Crippen molar-refractivity contribution < 1.29 is 59.4 Å². The summed E-state index contributed by atoms with van der Waals surface area (Å²) in [6.07, 6.45) is 26.7. The molecule has 2 rings (SSSR count). The molecule has 66 heavy (non-hydrogen) atoms. The Morgan fingerprint density at radius 3 is 1.08 bits per heavy atom. The highest BCUT2D eigenvalue weighted by Crippen LogP contribution is 2.37. The largest absolute Gasteiger partial charge is 0.481 e. The van der Waals surface area contributed by atoms with Crippen LogP contribution in [0.2, 0.25) is 0 Å². The van der Waals surface area contributed by atoms with Crippen LogP contribution in [-0.2, 0) is 35.3 Å². The van der Waals surface area contributed by atoms with Crippen LogP contribution in [0.25, 0.3) is 0 Å². The van der Waals surface area contributed by atoms with Crippen LogP contribution in [0.1, 0.15) is 266 Å². The van der Waals surface area contributed by atoms with Gasteiger partial charge in [-0.25, -0.2) is 19.2 Å². The number of carboxylic acids is 6. The Bertz CT molecular complexity index is 1740. The number of aliphatic carboxylic acids is 2. The van der Waals surface area contributed by atoms with E-state index < -0.39 is 41.2 Å². The molecule has 0 fully saturated rings. The van der Waals surface area contributed by atoms with E-state index in [1.165, 1.54) is 57.1 Å². The number of hydrogen-bond donors (Lipinski definition) is 6. The van der Waals surface area contributed by atoms with Crippen LogP contribution in [0.5, 0.6) is 0 Å². The molecule has 6 N–H and O–H groups in total. The van der Waals surface area contributed by atoms with Crippen LogP contribution >= 0.6 is 0 Å². The summed E-state index contributed by atoms with van der Waals surface area (Å²) in [5.74, 6) is -6.21. The van der Waals surface area contributed by atoms with Gasteiger partial charge >= 0.3 is 35.8 Å². The summed E-state index contributed by atoms with van der Waals surface area (Å²) in [5, 5.41) is 55.8. The minimum atomic E-state index is -1.18. The van der Waals surface area contributed by atoms with Gasteiger partial charge in [0.25, 0.3) is 0 Å². The summed E-state index contributed by atoms with van der Waals surface area (Å²) in [6, 6.07) is 6.51. The summed E-state index contributed by atoms with van der Waals surface area (Å²) in [5.41, 5.74) is 2.52. The Kier molecular flexibility index (Phi) is 33.8. The number of aryl methyl sites for hydroxylation is 2. The third kappa shape index (κ3) is 23.6. The number of aromatic carboxylic acids is 4. The molecule has 0 atom stereocenters. The lowest BCUT2D eigenvalue weighted by Gasteiger charge is -2.29. The van der Waals surface area contributed by atoms with Crippen molar-refractivity contribution in [3.8, 4) is 0 Å². The number of hydrogen-bond acceptors (Lipinski definition) is 6. The predicted octanol–water partition coefficient (Wildman–Crippen LogP) is 14.3. The molecular formula is C54H86O12. The van der Waals surface area contributed by atoms with Gasteiger partial charge in [0.2, 0.25) is 0 Å². The monoisotopic (exact) mass is 927 g/mol. The number of carboxylic acid groups (broad SMARTS) is 6. The predicted molar refractivity (Wildman–Crippen MR) is 263 cm³/mol. The second-order valence-corrected chi connectivity index (χ2v) is 17.8. The molecular weight excluding hydrogens is 841 g/mol. The van der Waals surface area contributed by atoms with Gasteiger partial charge in [-0.05, 0) is 111 Å². The summed E-state index contributed by atoms with van der Waals surface area (Å²) in [6.45, 7) is 12.6. The second kappa shape index (κ2) is 36.4. The average Bonchev–Trinajstić information content (AvgIpc) is 3.27. The van der Waals surface area contributed by atoms with E-state index in [1.54, 1.807) is 6.07 Å². The first kappa shape index (κ1) is 61.3. The van der Waals surface area contributed by atoms with E-state index in [9.17, 15) is 49.2 Å². The van der Waals surface area contributed by atoms with E-state index in [1.807, 2.05) is 26.8 Å². The SMILES string of the molecule is CCCCC(CCCC)(CCCC(=O)O)C(=O)O.CCCCCCCCc1ccc(C(=O)O)c(C(=O)O)c1CCCCCCCC.CCCCc1ccc(C(=O)O)c(C(=O)O)c1CCCC. The topological polar surface area (TPSA) is 224 Å². The summed E-state index contributed by atoms with van der Waals surface area (Å²) < 4.78 is 0. The van der Waals surface area contributed by atoms with E-state index in [0.29, 0.717) is 44.1 Å². The highest BCUT2D eigenvalue weighted by Gasteiger charge is 2.36. The maximum atomic E-state index is 11.9. The van der Waals surface area contributed by atoms with Gasteiger partial charge in [-0.2, -0.15) is 0 Å². The fourth-order valence-corrected chi connectivity index (χ4v) is 8.47. The zero-order valence-corrected chi connectivity index (χ0v) is 41.4. The minimum Gasteiger partial charge on any atom is -0.481 e. The molecule has 0 aliphatic carbocycles. The number of carbonyl (C=O) groups is 6. The lowest BCUT2D eigenvalue weighted by Crippen LogP contribution is -2.31. The summed E-state index contributed by atoms with van der Waals surface area (Å²) >= 11 is 0. The standard InChI is InChI=1S/C24H38O4.C16H22O4.C14H26O4/c1-3-5-7-9-11-13-15-19-17-18-21(23(25)26)22(24(27)28)20(19)16-14-12-10-8-6-4-2;1-3-5-7-11-9-10-13(15(17)18)14(16(19)20)12(11)8-6-4-2;1-3-5-9-14(13(17)18,10-6-4-2)11-7-8-12(15)16/h17-18H,3-16H2,1-2H3,(H,25,26)(H,27,28);9-10H,3-8H2,1-2H3,(H,17,18)(H,19,20);3-11H2,1-2H3,(H,15,16)(H,17,18). The first-order valence-electron chi connectivity index (χ1n) is 25.2. The second-order valence-electron chi connectivity index (χ2n) is 17.8. The Balaban J connectivity index is 0.000000992. The molecule has 0 heterocycles. The molecule has 0 aliphatic rings. The van der Waals surface area contributed by atoms with E-state index in [2.05, 4.69) is 20.8 Å². The molecule has 0 amide bonds. The van der Waals surface area contributed by atoms with E-state index in [-0.39, 0.29) is 28.7 Å². The molecule has 0 spiro atoms. The van der Waals surface area contributed by atoms with Crippen molar-refractivity contribution in [2.75, 3.05) is 0 Å². The lowest BCUT2D eigenvalue weighted by atomic mass is 9.74. The molecule has 0 aromatic heterocycles. The molecule has 0 unspecified atom stereocenters. The van der Waals surface area contributed by atoms with Crippen LogP contribution in [-0.4, -0.2) is 66.5 Å². The van der Waals surface area contributed by atoms with E-state index in [4.69, 9.17) is 10.2 Å². The fraction of sp³-hybridized carbons (Fsp3) is 0.667. The van der Waals surface area contributed by atoms with E-state index in [0.717, 1.165) is 113 Å². The van der Waals surface area contributed by atoms with Crippen LogP contribution in [0.3, 0.4) is 0 Å².